The summed E-state index contributed by atoms with van der Waals surface area (Å²) in [6.45, 7) is 3.67. The Hall–Kier alpha value is -3.45. The Morgan fingerprint density at radius 3 is 2.66 bits per heavy atom. The Morgan fingerprint density at radius 2 is 1.91 bits per heavy atom. The van der Waals surface area contributed by atoms with E-state index in [0.29, 0.717) is 12.4 Å². The quantitative estimate of drug-likeness (QED) is 0.375. The van der Waals surface area contributed by atoms with Crippen molar-refractivity contribution < 1.29 is 9.13 Å². The number of nitrogens with one attached hydrogen (secondary N) is 1. The van der Waals surface area contributed by atoms with E-state index < -0.39 is 0 Å². The molecule has 0 aliphatic heterocycles. The Morgan fingerprint density at radius 1 is 1.09 bits per heavy atom. The highest BCUT2D eigenvalue weighted by atomic mass is 19.1. The number of aromatic nitrogens is 3. The number of hydrogen-bond acceptors (Lipinski definition) is 5. The van der Waals surface area contributed by atoms with Crippen molar-refractivity contribution in [3.8, 4) is 17.0 Å². The number of halogens is 1. The fourth-order valence-corrected chi connectivity index (χ4v) is 3.52. The second-order valence-electron chi connectivity index (χ2n) is 8.08. The van der Waals surface area contributed by atoms with E-state index in [2.05, 4.69) is 29.3 Å². The SMILES string of the molecule is CC(Nc1ccc2ncc(-c3ccc(OCCCN(C)C)cc3)n2n1)c1cccc(F)c1. The van der Waals surface area contributed by atoms with Crippen LogP contribution in [0.15, 0.2) is 66.9 Å². The second-order valence-corrected chi connectivity index (χ2v) is 8.08. The standard InChI is InChI=1S/C25H28FN5O/c1-18(20-6-4-7-21(26)16-20)28-24-12-13-25-27-17-23(31(25)29-24)19-8-10-22(11-9-19)32-15-5-14-30(2)3/h4,6-13,16-18H,5,14-15H2,1-3H3,(H,28,29). The van der Waals surface area contributed by atoms with E-state index in [0.717, 1.165) is 41.2 Å². The third-order valence-electron chi connectivity index (χ3n) is 5.24. The molecule has 32 heavy (non-hydrogen) atoms. The van der Waals surface area contributed by atoms with E-state index >= 15 is 0 Å². The average Bonchev–Trinajstić information content (AvgIpc) is 3.20. The van der Waals surface area contributed by atoms with E-state index in [9.17, 15) is 4.39 Å². The molecule has 0 spiro atoms. The molecule has 0 aliphatic carbocycles. The molecule has 2 heterocycles. The number of imidazole rings is 1. The van der Waals surface area contributed by atoms with Gasteiger partial charge in [0.25, 0.3) is 0 Å². The average molecular weight is 434 g/mol. The first-order chi connectivity index (χ1) is 15.5. The molecule has 4 rings (SSSR count). The largest absolute Gasteiger partial charge is 0.494 e. The molecule has 1 N–H and O–H groups in total. The topological polar surface area (TPSA) is 54.7 Å². The lowest BCUT2D eigenvalue weighted by molar-refractivity contribution is 0.281. The van der Waals surface area contributed by atoms with Gasteiger partial charge in [-0.15, -0.1) is 5.10 Å². The summed E-state index contributed by atoms with van der Waals surface area (Å²) in [6.07, 6.45) is 2.80. The first kappa shape index (κ1) is 21.8. The van der Waals surface area contributed by atoms with Crippen LogP contribution in [0.5, 0.6) is 5.75 Å². The van der Waals surface area contributed by atoms with Crippen LogP contribution in [-0.2, 0) is 0 Å². The lowest BCUT2D eigenvalue weighted by Crippen LogP contribution is -2.15. The normalized spacial score (nSPS) is 12.3. The van der Waals surface area contributed by atoms with Gasteiger partial charge in [0.2, 0.25) is 0 Å². The van der Waals surface area contributed by atoms with Crippen LogP contribution in [-0.4, -0.2) is 46.7 Å². The lowest BCUT2D eigenvalue weighted by Gasteiger charge is -2.15. The third-order valence-corrected chi connectivity index (χ3v) is 5.24. The first-order valence-corrected chi connectivity index (χ1v) is 10.7. The summed E-state index contributed by atoms with van der Waals surface area (Å²) < 4.78 is 21.2. The minimum atomic E-state index is -0.249. The fraction of sp³-hybridized carbons (Fsp3) is 0.280. The van der Waals surface area contributed by atoms with Gasteiger partial charge in [-0.05, 0) is 81.5 Å². The van der Waals surface area contributed by atoms with Crippen LogP contribution in [0.4, 0.5) is 10.2 Å². The van der Waals surface area contributed by atoms with Crippen LogP contribution < -0.4 is 10.1 Å². The van der Waals surface area contributed by atoms with Crippen molar-refractivity contribution >= 4 is 11.5 Å². The van der Waals surface area contributed by atoms with E-state index in [1.54, 1.807) is 6.07 Å². The molecular formula is C25H28FN5O. The monoisotopic (exact) mass is 433 g/mol. The van der Waals surface area contributed by atoms with Gasteiger partial charge >= 0.3 is 0 Å². The van der Waals surface area contributed by atoms with Gasteiger partial charge in [-0.3, -0.25) is 0 Å². The maximum atomic E-state index is 13.6. The molecule has 2 aromatic heterocycles. The van der Waals surface area contributed by atoms with E-state index in [4.69, 9.17) is 9.84 Å². The van der Waals surface area contributed by atoms with Crippen molar-refractivity contribution in [1.29, 1.82) is 0 Å². The number of hydrogen-bond donors (Lipinski definition) is 1. The molecule has 6 nitrogen and oxygen atoms in total. The summed E-state index contributed by atoms with van der Waals surface area (Å²) in [7, 11) is 4.11. The molecule has 1 unspecified atom stereocenters. The Kier molecular flexibility index (Phi) is 6.66. The summed E-state index contributed by atoms with van der Waals surface area (Å²) in [5.41, 5.74) is 3.51. The summed E-state index contributed by atoms with van der Waals surface area (Å²) in [5.74, 6) is 1.29. The van der Waals surface area contributed by atoms with Crippen molar-refractivity contribution in [1.82, 2.24) is 19.5 Å². The van der Waals surface area contributed by atoms with Crippen molar-refractivity contribution in [2.75, 3.05) is 32.6 Å². The van der Waals surface area contributed by atoms with Crippen LogP contribution in [0.25, 0.3) is 16.9 Å². The van der Waals surface area contributed by atoms with Gasteiger partial charge in [0.1, 0.15) is 17.4 Å². The molecule has 0 saturated carbocycles. The zero-order chi connectivity index (χ0) is 22.5. The number of benzene rings is 2. The molecule has 0 radical (unpaired) electrons. The highest BCUT2D eigenvalue weighted by molar-refractivity contribution is 5.64. The predicted molar refractivity (Wildman–Crippen MR) is 126 cm³/mol. The fourth-order valence-electron chi connectivity index (χ4n) is 3.52. The second kappa shape index (κ2) is 9.78. The zero-order valence-corrected chi connectivity index (χ0v) is 18.6. The maximum absolute atomic E-state index is 13.6. The molecular weight excluding hydrogens is 405 g/mol. The molecule has 0 saturated heterocycles. The number of nitrogens with zero attached hydrogens (tertiary/aromatic N) is 4. The highest BCUT2D eigenvalue weighted by Crippen LogP contribution is 2.25. The minimum Gasteiger partial charge on any atom is -0.494 e. The Balaban J connectivity index is 1.49. The molecule has 2 aromatic carbocycles. The minimum absolute atomic E-state index is 0.0912. The van der Waals surface area contributed by atoms with Crippen LogP contribution in [0.3, 0.4) is 0 Å². The molecule has 1 atom stereocenters. The van der Waals surface area contributed by atoms with E-state index in [-0.39, 0.29) is 11.9 Å². The first-order valence-electron chi connectivity index (χ1n) is 10.7. The Labute approximate surface area is 187 Å². The van der Waals surface area contributed by atoms with Gasteiger partial charge in [-0.1, -0.05) is 12.1 Å². The van der Waals surface area contributed by atoms with Gasteiger partial charge < -0.3 is 15.0 Å². The highest BCUT2D eigenvalue weighted by Gasteiger charge is 2.11. The molecule has 4 aromatic rings. The summed E-state index contributed by atoms with van der Waals surface area (Å²) in [6, 6.07) is 18.3. The predicted octanol–water partition coefficient (Wildman–Crippen LogP) is 5.04. The summed E-state index contributed by atoms with van der Waals surface area (Å²) in [4.78, 5) is 6.62. The molecule has 0 amide bonds. The summed E-state index contributed by atoms with van der Waals surface area (Å²) >= 11 is 0. The molecule has 166 valence electrons. The van der Waals surface area contributed by atoms with Gasteiger partial charge in [-0.2, -0.15) is 0 Å². The van der Waals surface area contributed by atoms with Gasteiger partial charge in [0.05, 0.1) is 24.5 Å². The smallest absolute Gasteiger partial charge is 0.154 e. The molecule has 0 fully saturated rings. The molecule has 0 aliphatic rings. The van der Waals surface area contributed by atoms with Crippen LogP contribution >= 0.6 is 0 Å². The van der Waals surface area contributed by atoms with Crippen LogP contribution in [0.1, 0.15) is 24.9 Å². The van der Waals surface area contributed by atoms with Crippen molar-refractivity contribution in [3.05, 3.63) is 78.2 Å². The molecule has 7 heteroatoms. The zero-order valence-electron chi connectivity index (χ0n) is 18.6. The van der Waals surface area contributed by atoms with Crippen LogP contribution in [0, 0.1) is 5.82 Å². The van der Waals surface area contributed by atoms with Crippen molar-refractivity contribution in [2.24, 2.45) is 0 Å². The van der Waals surface area contributed by atoms with Crippen molar-refractivity contribution in [3.63, 3.8) is 0 Å². The summed E-state index contributed by atoms with van der Waals surface area (Å²) in [5, 5.41) is 8.05. The lowest BCUT2D eigenvalue weighted by atomic mass is 10.1. The molecule has 0 bridgehead atoms. The third kappa shape index (κ3) is 5.23. The van der Waals surface area contributed by atoms with Crippen molar-refractivity contribution in [2.45, 2.75) is 19.4 Å². The van der Waals surface area contributed by atoms with Gasteiger partial charge in [0, 0.05) is 12.1 Å². The number of rotatable bonds is 9. The number of fused-ring (bicyclic) bond motifs is 1. The van der Waals surface area contributed by atoms with Gasteiger partial charge in [0.15, 0.2) is 5.65 Å². The van der Waals surface area contributed by atoms with E-state index in [1.807, 2.05) is 60.1 Å². The number of ether oxygens (including phenoxy) is 1. The number of anilines is 1. The van der Waals surface area contributed by atoms with Crippen LogP contribution in [0.2, 0.25) is 0 Å². The van der Waals surface area contributed by atoms with E-state index in [1.165, 1.54) is 12.1 Å². The maximum Gasteiger partial charge on any atom is 0.154 e. The van der Waals surface area contributed by atoms with Gasteiger partial charge in [-0.25, -0.2) is 13.9 Å². The Bertz CT molecular complexity index is 1170.